The Morgan fingerprint density at radius 1 is 1.16 bits per heavy atom. The van der Waals surface area contributed by atoms with Crippen molar-refractivity contribution < 1.29 is 9.18 Å². The molecule has 1 saturated heterocycles. The molecule has 25 heavy (non-hydrogen) atoms. The van der Waals surface area contributed by atoms with Crippen molar-refractivity contribution in [2.24, 2.45) is 0 Å². The van der Waals surface area contributed by atoms with Gasteiger partial charge in [-0.25, -0.2) is 9.37 Å². The number of anilines is 1. The molecule has 1 atom stereocenters. The van der Waals surface area contributed by atoms with Crippen LogP contribution in [0.3, 0.4) is 0 Å². The van der Waals surface area contributed by atoms with E-state index in [2.05, 4.69) is 14.9 Å². The molecule has 0 spiro atoms. The molecule has 0 N–H and O–H groups in total. The fourth-order valence-electron chi connectivity index (χ4n) is 3.11. The summed E-state index contributed by atoms with van der Waals surface area (Å²) in [5, 5.41) is 0. The molecule has 1 fully saturated rings. The van der Waals surface area contributed by atoms with Crippen LogP contribution in [0.25, 0.3) is 0 Å². The van der Waals surface area contributed by atoms with Gasteiger partial charge in [0.05, 0.1) is 6.20 Å². The molecule has 3 rings (SSSR count). The van der Waals surface area contributed by atoms with Crippen LogP contribution in [0.1, 0.15) is 11.6 Å². The fourth-order valence-corrected chi connectivity index (χ4v) is 3.11. The first-order valence-electron chi connectivity index (χ1n) is 8.28. The summed E-state index contributed by atoms with van der Waals surface area (Å²) in [7, 11) is 3.59. The van der Waals surface area contributed by atoms with Crippen LogP contribution in [-0.2, 0) is 4.79 Å². The summed E-state index contributed by atoms with van der Waals surface area (Å²) < 4.78 is 14.2. The third-order valence-corrected chi connectivity index (χ3v) is 4.42. The number of benzene rings is 1. The van der Waals surface area contributed by atoms with Gasteiger partial charge in [0.1, 0.15) is 17.7 Å². The van der Waals surface area contributed by atoms with E-state index in [1.54, 1.807) is 60.7 Å². The first-order chi connectivity index (χ1) is 12.1. The summed E-state index contributed by atoms with van der Waals surface area (Å²) in [6.07, 6.45) is 5.02. The van der Waals surface area contributed by atoms with Gasteiger partial charge in [0.2, 0.25) is 5.91 Å². The molecular weight excluding hydrogens is 321 g/mol. The number of carbonyl (C=O) groups excluding carboxylic acids is 1. The molecule has 1 aromatic heterocycles. The number of aromatic nitrogens is 2. The highest BCUT2D eigenvalue weighted by Crippen LogP contribution is 2.24. The fraction of sp³-hybridized carbons (Fsp3) is 0.389. The van der Waals surface area contributed by atoms with Gasteiger partial charge in [-0.3, -0.25) is 14.7 Å². The lowest BCUT2D eigenvalue weighted by Gasteiger charge is -2.38. The summed E-state index contributed by atoms with van der Waals surface area (Å²) >= 11 is 0. The van der Waals surface area contributed by atoms with Gasteiger partial charge in [-0.15, -0.1) is 0 Å². The molecular formula is C18H22FN5O. The van der Waals surface area contributed by atoms with E-state index in [-0.39, 0.29) is 11.7 Å². The molecule has 0 aliphatic carbocycles. The van der Waals surface area contributed by atoms with Crippen LogP contribution < -0.4 is 4.90 Å². The van der Waals surface area contributed by atoms with Crippen molar-refractivity contribution in [3.8, 4) is 0 Å². The van der Waals surface area contributed by atoms with E-state index < -0.39 is 6.04 Å². The number of piperazine rings is 1. The van der Waals surface area contributed by atoms with Gasteiger partial charge in [0.15, 0.2) is 0 Å². The van der Waals surface area contributed by atoms with E-state index >= 15 is 0 Å². The molecule has 1 amide bonds. The van der Waals surface area contributed by atoms with Gasteiger partial charge in [0.25, 0.3) is 0 Å². The monoisotopic (exact) mass is 343 g/mol. The smallest absolute Gasteiger partial charge is 0.244 e. The molecule has 2 heterocycles. The highest BCUT2D eigenvalue weighted by Gasteiger charge is 2.31. The predicted molar refractivity (Wildman–Crippen MR) is 93.7 cm³/mol. The molecule has 1 aliphatic heterocycles. The Labute approximate surface area is 146 Å². The molecule has 1 aromatic carbocycles. The van der Waals surface area contributed by atoms with Crippen LogP contribution in [0.5, 0.6) is 0 Å². The van der Waals surface area contributed by atoms with E-state index in [1.807, 2.05) is 0 Å². The average Bonchev–Trinajstić information content (AvgIpc) is 2.64. The van der Waals surface area contributed by atoms with E-state index in [4.69, 9.17) is 0 Å². The van der Waals surface area contributed by atoms with Gasteiger partial charge in [-0.1, -0.05) is 18.2 Å². The standard InChI is InChI=1S/C18H22FN5O/c1-22(2)17(14-5-3-4-6-15(14)19)18(25)24-11-9-23(10-12-24)16-13-20-7-8-21-16/h3-8,13,17H,9-12H2,1-2H3/t17-/m1/s1. The van der Waals surface area contributed by atoms with Crippen LogP contribution in [0.4, 0.5) is 10.2 Å². The number of hydrogen-bond acceptors (Lipinski definition) is 5. The normalized spacial score (nSPS) is 16.2. The lowest BCUT2D eigenvalue weighted by molar-refractivity contribution is -0.136. The van der Waals surface area contributed by atoms with E-state index in [0.29, 0.717) is 31.7 Å². The van der Waals surface area contributed by atoms with Crippen molar-refractivity contribution in [1.29, 1.82) is 0 Å². The Balaban J connectivity index is 1.71. The minimum Gasteiger partial charge on any atom is -0.352 e. The number of carbonyl (C=O) groups is 1. The molecule has 0 saturated carbocycles. The average molecular weight is 343 g/mol. The number of rotatable bonds is 4. The highest BCUT2D eigenvalue weighted by atomic mass is 19.1. The Bertz CT molecular complexity index is 716. The van der Waals surface area contributed by atoms with Crippen molar-refractivity contribution in [2.45, 2.75) is 6.04 Å². The second-order valence-corrected chi connectivity index (χ2v) is 6.26. The number of nitrogens with zero attached hydrogens (tertiary/aromatic N) is 5. The minimum absolute atomic E-state index is 0.0751. The van der Waals surface area contributed by atoms with Crippen LogP contribution in [0.2, 0.25) is 0 Å². The lowest BCUT2D eigenvalue weighted by Crippen LogP contribution is -2.51. The first kappa shape index (κ1) is 17.3. The quantitative estimate of drug-likeness (QED) is 0.843. The zero-order chi connectivity index (χ0) is 17.8. The van der Waals surface area contributed by atoms with Crippen LogP contribution in [0.15, 0.2) is 42.9 Å². The van der Waals surface area contributed by atoms with E-state index in [1.165, 1.54) is 6.07 Å². The second kappa shape index (κ2) is 7.57. The second-order valence-electron chi connectivity index (χ2n) is 6.26. The maximum Gasteiger partial charge on any atom is 0.244 e. The SMILES string of the molecule is CN(C)[C@@H](C(=O)N1CCN(c2cnccn2)CC1)c1ccccc1F. The Morgan fingerprint density at radius 2 is 1.88 bits per heavy atom. The first-order valence-corrected chi connectivity index (χ1v) is 8.28. The van der Waals surface area contributed by atoms with Crippen LogP contribution in [-0.4, -0.2) is 65.9 Å². The van der Waals surface area contributed by atoms with Crippen molar-refractivity contribution in [3.05, 3.63) is 54.2 Å². The largest absolute Gasteiger partial charge is 0.352 e. The number of amides is 1. The topological polar surface area (TPSA) is 52.6 Å². The highest BCUT2D eigenvalue weighted by molar-refractivity contribution is 5.83. The van der Waals surface area contributed by atoms with Gasteiger partial charge in [-0.2, -0.15) is 0 Å². The summed E-state index contributed by atoms with van der Waals surface area (Å²) in [4.78, 5) is 27.0. The molecule has 7 heteroatoms. The summed E-state index contributed by atoms with van der Waals surface area (Å²) in [6.45, 7) is 2.52. The Hall–Kier alpha value is -2.54. The predicted octanol–water partition coefficient (Wildman–Crippen LogP) is 1.57. The molecule has 0 radical (unpaired) electrons. The maximum absolute atomic E-state index is 14.2. The van der Waals surface area contributed by atoms with Crippen LogP contribution >= 0.6 is 0 Å². The zero-order valence-corrected chi connectivity index (χ0v) is 14.5. The minimum atomic E-state index is -0.621. The summed E-state index contributed by atoms with van der Waals surface area (Å²) in [5.41, 5.74) is 0.411. The summed E-state index contributed by atoms with van der Waals surface area (Å²) in [5.74, 6) is 0.384. The third kappa shape index (κ3) is 3.76. The van der Waals surface area contributed by atoms with Crippen molar-refractivity contribution in [2.75, 3.05) is 45.2 Å². The number of hydrogen-bond donors (Lipinski definition) is 0. The van der Waals surface area contributed by atoms with Gasteiger partial charge >= 0.3 is 0 Å². The molecule has 132 valence electrons. The molecule has 1 aliphatic rings. The van der Waals surface area contributed by atoms with Gasteiger partial charge < -0.3 is 9.80 Å². The number of likely N-dealkylation sites (N-methyl/N-ethyl adjacent to an activating group) is 1. The van der Waals surface area contributed by atoms with Gasteiger partial charge in [-0.05, 0) is 20.2 Å². The van der Waals surface area contributed by atoms with Crippen molar-refractivity contribution in [3.63, 3.8) is 0 Å². The Kier molecular flexibility index (Phi) is 5.23. The maximum atomic E-state index is 14.2. The third-order valence-electron chi connectivity index (χ3n) is 4.42. The number of halogens is 1. The summed E-state index contributed by atoms with van der Waals surface area (Å²) in [6, 6.07) is 5.84. The van der Waals surface area contributed by atoms with Crippen molar-refractivity contribution >= 4 is 11.7 Å². The van der Waals surface area contributed by atoms with Crippen molar-refractivity contribution in [1.82, 2.24) is 19.8 Å². The van der Waals surface area contributed by atoms with E-state index in [9.17, 15) is 9.18 Å². The molecule has 0 unspecified atom stereocenters. The molecule has 0 bridgehead atoms. The van der Waals surface area contributed by atoms with Gasteiger partial charge in [0, 0.05) is 44.1 Å². The lowest BCUT2D eigenvalue weighted by atomic mass is 10.0. The van der Waals surface area contributed by atoms with Crippen LogP contribution in [0, 0.1) is 5.82 Å². The zero-order valence-electron chi connectivity index (χ0n) is 14.5. The van der Waals surface area contributed by atoms with E-state index in [0.717, 1.165) is 5.82 Å². The Morgan fingerprint density at radius 3 is 2.48 bits per heavy atom. The molecule has 2 aromatic rings. The molecule has 6 nitrogen and oxygen atoms in total.